The molecular formula is C9H12O3. The topological polar surface area (TPSA) is 35.5 Å². The van der Waals surface area contributed by atoms with Crippen LogP contribution >= 0.6 is 0 Å². The smallest absolute Gasteiger partial charge is 0.168 e. The summed E-state index contributed by atoms with van der Waals surface area (Å²) in [7, 11) is 0. The normalized spacial score (nSPS) is 38.3. The number of Topliss-reactive ketones (excluding diaryl/α,β-unsaturated/α-hetero) is 1. The van der Waals surface area contributed by atoms with Gasteiger partial charge in [-0.2, -0.15) is 0 Å². The van der Waals surface area contributed by atoms with Crippen molar-refractivity contribution in [3.05, 3.63) is 12.2 Å². The third-order valence-electron chi connectivity index (χ3n) is 2.09. The highest BCUT2D eigenvalue weighted by Gasteiger charge is 2.44. The molecule has 0 aromatic carbocycles. The van der Waals surface area contributed by atoms with E-state index in [9.17, 15) is 4.79 Å². The molecule has 1 aliphatic heterocycles. The van der Waals surface area contributed by atoms with Gasteiger partial charge in [0.05, 0.1) is 0 Å². The largest absolute Gasteiger partial charge is 0.340 e. The molecule has 12 heavy (non-hydrogen) atoms. The van der Waals surface area contributed by atoms with Crippen molar-refractivity contribution in [1.29, 1.82) is 0 Å². The Bertz CT molecular complexity index is 242. The molecule has 2 rings (SSSR count). The van der Waals surface area contributed by atoms with Crippen molar-refractivity contribution in [1.82, 2.24) is 0 Å². The first-order valence-electron chi connectivity index (χ1n) is 4.13. The van der Waals surface area contributed by atoms with Gasteiger partial charge in [0.15, 0.2) is 11.6 Å². The lowest BCUT2D eigenvalue weighted by molar-refractivity contribution is -0.152. The monoisotopic (exact) mass is 168 g/mol. The lowest BCUT2D eigenvalue weighted by Crippen LogP contribution is -2.32. The van der Waals surface area contributed by atoms with Gasteiger partial charge in [0.1, 0.15) is 12.2 Å². The number of rotatable bonds is 0. The molecular weight excluding hydrogens is 156 g/mol. The van der Waals surface area contributed by atoms with Gasteiger partial charge in [-0.25, -0.2) is 0 Å². The van der Waals surface area contributed by atoms with E-state index in [1.54, 1.807) is 0 Å². The van der Waals surface area contributed by atoms with Gasteiger partial charge in [-0.3, -0.25) is 4.79 Å². The molecule has 1 saturated heterocycles. The fourth-order valence-electron chi connectivity index (χ4n) is 1.61. The van der Waals surface area contributed by atoms with Crippen LogP contribution in [0.1, 0.15) is 20.3 Å². The molecule has 66 valence electrons. The van der Waals surface area contributed by atoms with Crippen LogP contribution in [0.3, 0.4) is 0 Å². The molecule has 2 atom stereocenters. The van der Waals surface area contributed by atoms with Crippen LogP contribution in [-0.2, 0) is 14.3 Å². The predicted octanol–water partition coefficient (Wildman–Crippen LogP) is 1.04. The maximum absolute atomic E-state index is 11.3. The lowest BCUT2D eigenvalue weighted by atomic mass is 10.0. The van der Waals surface area contributed by atoms with Crippen LogP contribution in [0.25, 0.3) is 0 Å². The number of allylic oxidation sites excluding steroid dienone is 1. The maximum atomic E-state index is 11.3. The highest BCUT2D eigenvalue weighted by atomic mass is 16.8. The van der Waals surface area contributed by atoms with Gasteiger partial charge in [0, 0.05) is 6.42 Å². The SMILES string of the molecule is CC1(C)O[C@H]2C=CCC(=O)[C@H]2O1. The fourth-order valence-corrected chi connectivity index (χ4v) is 1.61. The fraction of sp³-hybridized carbons (Fsp3) is 0.667. The Labute approximate surface area is 71.3 Å². The summed E-state index contributed by atoms with van der Waals surface area (Å²) < 4.78 is 10.9. The van der Waals surface area contributed by atoms with Gasteiger partial charge < -0.3 is 9.47 Å². The van der Waals surface area contributed by atoms with E-state index in [4.69, 9.17) is 9.47 Å². The first-order valence-corrected chi connectivity index (χ1v) is 4.13. The number of ether oxygens (including phenoxy) is 2. The molecule has 0 radical (unpaired) electrons. The number of hydrogen-bond acceptors (Lipinski definition) is 3. The molecule has 1 fully saturated rings. The number of carbonyl (C=O) groups excluding carboxylic acids is 1. The predicted molar refractivity (Wildman–Crippen MR) is 42.6 cm³/mol. The van der Waals surface area contributed by atoms with Crippen LogP contribution in [0.5, 0.6) is 0 Å². The Balaban J connectivity index is 2.22. The molecule has 0 aromatic rings. The molecule has 3 heteroatoms. The van der Waals surface area contributed by atoms with Crippen molar-refractivity contribution in [2.75, 3.05) is 0 Å². The molecule has 2 aliphatic rings. The van der Waals surface area contributed by atoms with Gasteiger partial charge in [-0.05, 0) is 13.8 Å². The van der Waals surface area contributed by atoms with Crippen molar-refractivity contribution < 1.29 is 14.3 Å². The molecule has 0 aromatic heterocycles. The zero-order valence-electron chi connectivity index (χ0n) is 7.24. The molecule has 1 aliphatic carbocycles. The van der Waals surface area contributed by atoms with Gasteiger partial charge in [0.25, 0.3) is 0 Å². The second-order valence-electron chi connectivity index (χ2n) is 3.62. The van der Waals surface area contributed by atoms with E-state index in [2.05, 4.69) is 0 Å². The van der Waals surface area contributed by atoms with E-state index in [0.29, 0.717) is 6.42 Å². The zero-order chi connectivity index (χ0) is 8.77. The van der Waals surface area contributed by atoms with Crippen LogP contribution < -0.4 is 0 Å². The maximum Gasteiger partial charge on any atom is 0.168 e. The Hall–Kier alpha value is -0.670. The summed E-state index contributed by atoms with van der Waals surface area (Å²) in [5.41, 5.74) is 0. The summed E-state index contributed by atoms with van der Waals surface area (Å²) in [6.07, 6.45) is 3.68. The number of carbonyl (C=O) groups is 1. The molecule has 3 nitrogen and oxygen atoms in total. The summed E-state index contributed by atoms with van der Waals surface area (Å²) in [5, 5.41) is 0. The minimum absolute atomic E-state index is 0.119. The first kappa shape index (κ1) is 7.95. The molecule has 0 unspecified atom stereocenters. The van der Waals surface area contributed by atoms with Crippen LogP contribution in [0.4, 0.5) is 0 Å². The van der Waals surface area contributed by atoms with Crippen molar-refractivity contribution in [3.63, 3.8) is 0 Å². The highest BCUT2D eigenvalue weighted by molar-refractivity contribution is 5.86. The second kappa shape index (κ2) is 2.41. The number of ketones is 1. The standard InChI is InChI=1S/C9H12O3/c1-9(2)11-7-5-3-4-6(10)8(7)12-9/h3,5,7-8H,4H2,1-2H3/t7-,8+/m0/s1. The van der Waals surface area contributed by atoms with Crippen LogP contribution in [0, 0.1) is 0 Å². The first-order chi connectivity index (χ1) is 5.58. The van der Waals surface area contributed by atoms with E-state index in [-0.39, 0.29) is 18.0 Å². The Morgan fingerprint density at radius 2 is 2.25 bits per heavy atom. The van der Waals surface area contributed by atoms with Crippen LogP contribution in [-0.4, -0.2) is 23.8 Å². The van der Waals surface area contributed by atoms with Crippen molar-refractivity contribution in [2.24, 2.45) is 0 Å². The average molecular weight is 168 g/mol. The van der Waals surface area contributed by atoms with Crippen LogP contribution in [0.2, 0.25) is 0 Å². The van der Waals surface area contributed by atoms with Gasteiger partial charge >= 0.3 is 0 Å². The van der Waals surface area contributed by atoms with Gasteiger partial charge in [-0.15, -0.1) is 0 Å². The van der Waals surface area contributed by atoms with Gasteiger partial charge in [-0.1, -0.05) is 12.2 Å². The summed E-state index contributed by atoms with van der Waals surface area (Å²) in [6, 6.07) is 0. The lowest BCUT2D eigenvalue weighted by Gasteiger charge is -2.15. The minimum atomic E-state index is -0.611. The molecule has 0 bridgehead atoms. The van der Waals surface area contributed by atoms with E-state index < -0.39 is 5.79 Å². The molecule has 0 saturated carbocycles. The van der Waals surface area contributed by atoms with E-state index in [1.807, 2.05) is 26.0 Å². The third-order valence-corrected chi connectivity index (χ3v) is 2.09. The highest BCUT2D eigenvalue weighted by Crippen LogP contribution is 2.31. The molecule has 0 amide bonds. The number of fused-ring (bicyclic) bond motifs is 1. The van der Waals surface area contributed by atoms with Crippen molar-refractivity contribution in [3.8, 4) is 0 Å². The zero-order valence-corrected chi connectivity index (χ0v) is 7.24. The van der Waals surface area contributed by atoms with E-state index in [1.165, 1.54) is 0 Å². The summed E-state index contributed by atoms with van der Waals surface area (Å²) >= 11 is 0. The van der Waals surface area contributed by atoms with Crippen molar-refractivity contribution >= 4 is 5.78 Å². The summed E-state index contributed by atoms with van der Waals surface area (Å²) in [5.74, 6) is -0.493. The quantitative estimate of drug-likeness (QED) is 0.507. The Morgan fingerprint density at radius 1 is 1.50 bits per heavy atom. The summed E-state index contributed by atoms with van der Waals surface area (Å²) in [4.78, 5) is 11.3. The number of hydrogen-bond donors (Lipinski definition) is 0. The minimum Gasteiger partial charge on any atom is -0.340 e. The third kappa shape index (κ3) is 1.19. The molecule has 0 N–H and O–H groups in total. The summed E-state index contributed by atoms with van der Waals surface area (Å²) in [6.45, 7) is 3.65. The van der Waals surface area contributed by atoms with Gasteiger partial charge in [0.2, 0.25) is 0 Å². The average Bonchev–Trinajstić information content (AvgIpc) is 2.25. The molecule has 0 spiro atoms. The van der Waals surface area contributed by atoms with E-state index >= 15 is 0 Å². The second-order valence-corrected chi connectivity index (χ2v) is 3.62. The Kier molecular flexibility index (Phi) is 1.59. The molecule has 1 heterocycles. The van der Waals surface area contributed by atoms with E-state index in [0.717, 1.165) is 0 Å². The Morgan fingerprint density at radius 3 is 2.92 bits per heavy atom. The van der Waals surface area contributed by atoms with Crippen LogP contribution in [0.15, 0.2) is 12.2 Å². The van der Waals surface area contributed by atoms with Crippen molar-refractivity contribution in [2.45, 2.75) is 38.3 Å².